The number of nitrogens with zero attached hydrogens (tertiary/aromatic N) is 6. The van der Waals surface area contributed by atoms with Gasteiger partial charge in [-0.05, 0) is 52.7 Å². The second kappa shape index (κ2) is 13.0. The molecule has 0 aliphatic carbocycles. The Bertz CT molecular complexity index is 1490. The van der Waals surface area contributed by atoms with Crippen LogP contribution in [0.1, 0.15) is 46.6 Å². The number of anilines is 2. The van der Waals surface area contributed by atoms with Crippen LogP contribution in [0.5, 0.6) is 0 Å². The Labute approximate surface area is 256 Å². The molecule has 2 aliphatic heterocycles. The molecule has 2 fully saturated rings. The van der Waals surface area contributed by atoms with Gasteiger partial charge in [0.25, 0.3) is 0 Å². The summed E-state index contributed by atoms with van der Waals surface area (Å²) in [5.41, 5.74) is 2.27. The predicted molar refractivity (Wildman–Crippen MR) is 164 cm³/mol. The summed E-state index contributed by atoms with van der Waals surface area (Å²) in [6.07, 6.45) is 2.00. The van der Waals surface area contributed by atoms with E-state index in [-0.39, 0.29) is 11.9 Å². The fourth-order valence-electron chi connectivity index (χ4n) is 5.34. The van der Waals surface area contributed by atoms with Gasteiger partial charge >= 0.3 is 12.2 Å². The molecule has 2 saturated heterocycles. The molecular weight excluding hydrogens is 568 g/mol. The van der Waals surface area contributed by atoms with Crippen LogP contribution >= 0.6 is 0 Å². The molecule has 2 N–H and O–H groups in total. The summed E-state index contributed by atoms with van der Waals surface area (Å²) in [5, 5.41) is 10.9. The molecule has 44 heavy (non-hydrogen) atoms. The van der Waals surface area contributed by atoms with Crippen molar-refractivity contribution in [3.8, 4) is 11.3 Å². The lowest BCUT2D eigenvalue weighted by Gasteiger charge is -2.34. The highest BCUT2D eigenvalue weighted by atomic mass is 16.6. The standard InChI is InChI=1S/C30H40N8O6/c1-19(32-29(41)44-30(2,3)4)26(39)36-12-10-22(11-13-36)38-25-23(18-31-38)24(34-27(35-25)37-14-16-43-17-15-37)20-6-8-21(9-7-20)33-28(40)42-5/h6-9,18-19,22H,10-17H2,1-5H3,(H,32,41)(H,33,40). The summed E-state index contributed by atoms with van der Waals surface area (Å²) in [6, 6.07) is 6.70. The van der Waals surface area contributed by atoms with Crippen LogP contribution in [0.2, 0.25) is 0 Å². The normalized spacial score (nSPS) is 16.8. The van der Waals surface area contributed by atoms with Crippen LogP contribution in [0.3, 0.4) is 0 Å². The number of alkyl carbamates (subject to hydrolysis) is 1. The molecule has 4 heterocycles. The van der Waals surface area contributed by atoms with Crippen molar-refractivity contribution >= 4 is 40.8 Å². The summed E-state index contributed by atoms with van der Waals surface area (Å²) in [4.78, 5) is 50.7. The number of piperidine rings is 1. The molecule has 2 aliphatic rings. The second-order valence-corrected chi connectivity index (χ2v) is 11.9. The number of morpholine rings is 1. The van der Waals surface area contributed by atoms with Crippen molar-refractivity contribution in [2.75, 3.05) is 56.7 Å². The number of nitrogens with one attached hydrogen (secondary N) is 2. The number of carbonyl (C=O) groups excluding carboxylic acids is 3. The lowest BCUT2D eigenvalue weighted by molar-refractivity contribution is -0.134. The SMILES string of the molecule is COC(=O)Nc1ccc(-c2nc(N3CCOCC3)nc3c2cnn3C2CCN(C(=O)C(C)NC(=O)OC(C)(C)C)CC2)cc1. The minimum Gasteiger partial charge on any atom is -0.453 e. The van der Waals surface area contributed by atoms with Crippen molar-refractivity contribution in [2.45, 2.75) is 58.2 Å². The maximum absolute atomic E-state index is 13.1. The van der Waals surface area contributed by atoms with Crippen molar-refractivity contribution in [3.63, 3.8) is 0 Å². The molecule has 14 nitrogen and oxygen atoms in total. The first-order chi connectivity index (χ1) is 21.0. The average molecular weight is 609 g/mol. The van der Waals surface area contributed by atoms with Gasteiger partial charge < -0.3 is 29.3 Å². The van der Waals surface area contributed by atoms with Gasteiger partial charge in [-0.3, -0.25) is 10.1 Å². The zero-order chi connectivity index (χ0) is 31.4. The van der Waals surface area contributed by atoms with Gasteiger partial charge in [-0.2, -0.15) is 10.1 Å². The Hall–Kier alpha value is -4.46. The Balaban J connectivity index is 1.36. The number of fused-ring (bicyclic) bond motifs is 1. The molecule has 5 rings (SSSR count). The maximum Gasteiger partial charge on any atom is 0.411 e. The molecule has 0 saturated carbocycles. The van der Waals surface area contributed by atoms with Gasteiger partial charge in [0.2, 0.25) is 11.9 Å². The van der Waals surface area contributed by atoms with E-state index < -0.39 is 23.8 Å². The fourth-order valence-corrected chi connectivity index (χ4v) is 5.34. The van der Waals surface area contributed by atoms with Crippen LogP contribution in [0, 0.1) is 0 Å². The molecule has 1 aromatic carbocycles. The van der Waals surface area contributed by atoms with E-state index in [0.29, 0.717) is 63.9 Å². The molecule has 14 heteroatoms. The molecule has 3 amide bonds. The molecule has 1 atom stereocenters. The third-order valence-electron chi connectivity index (χ3n) is 7.55. The van der Waals surface area contributed by atoms with Crippen LogP contribution in [-0.2, 0) is 19.0 Å². The van der Waals surface area contributed by atoms with Crippen molar-refractivity contribution in [3.05, 3.63) is 30.5 Å². The number of rotatable bonds is 6. The summed E-state index contributed by atoms with van der Waals surface area (Å²) >= 11 is 0. The molecule has 0 bridgehead atoms. The minimum absolute atomic E-state index is 0.0255. The Morgan fingerprint density at radius 2 is 1.68 bits per heavy atom. The second-order valence-electron chi connectivity index (χ2n) is 11.9. The number of hydrogen-bond donors (Lipinski definition) is 2. The van der Waals surface area contributed by atoms with E-state index in [2.05, 4.69) is 15.5 Å². The number of amides is 3. The molecular formula is C30H40N8O6. The molecule has 0 radical (unpaired) electrons. The third-order valence-corrected chi connectivity index (χ3v) is 7.55. The number of aromatic nitrogens is 4. The summed E-state index contributed by atoms with van der Waals surface area (Å²) in [5.74, 6) is 0.452. The van der Waals surface area contributed by atoms with Crippen LogP contribution in [-0.4, -0.2) is 101 Å². The van der Waals surface area contributed by atoms with Gasteiger partial charge in [0.15, 0.2) is 5.65 Å². The van der Waals surface area contributed by atoms with Gasteiger partial charge in [0, 0.05) is 37.4 Å². The van der Waals surface area contributed by atoms with Crippen LogP contribution < -0.4 is 15.5 Å². The van der Waals surface area contributed by atoms with Crippen molar-refractivity contribution in [1.29, 1.82) is 0 Å². The number of benzene rings is 1. The smallest absolute Gasteiger partial charge is 0.411 e. The number of carbonyl (C=O) groups is 3. The summed E-state index contributed by atoms with van der Waals surface area (Å²) < 4.78 is 17.5. The monoisotopic (exact) mass is 608 g/mol. The number of hydrogen-bond acceptors (Lipinski definition) is 10. The van der Waals surface area contributed by atoms with E-state index in [1.807, 2.05) is 16.8 Å². The highest BCUT2D eigenvalue weighted by Crippen LogP contribution is 2.33. The van der Waals surface area contributed by atoms with Gasteiger partial charge in [-0.25, -0.2) is 19.3 Å². The van der Waals surface area contributed by atoms with Gasteiger partial charge in [0.1, 0.15) is 11.6 Å². The van der Waals surface area contributed by atoms with Crippen LogP contribution in [0.25, 0.3) is 22.3 Å². The zero-order valence-electron chi connectivity index (χ0n) is 25.8. The van der Waals surface area contributed by atoms with Crippen molar-refractivity contribution < 1.29 is 28.6 Å². The Morgan fingerprint density at radius 3 is 2.32 bits per heavy atom. The molecule has 1 unspecified atom stereocenters. The van der Waals surface area contributed by atoms with E-state index in [1.165, 1.54) is 7.11 Å². The lowest BCUT2D eigenvalue weighted by atomic mass is 10.0. The minimum atomic E-state index is -0.701. The van der Waals surface area contributed by atoms with Crippen molar-refractivity contribution in [1.82, 2.24) is 30.0 Å². The average Bonchev–Trinajstić information content (AvgIpc) is 3.44. The summed E-state index contributed by atoms with van der Waals surface area (Å²) in [6.45, 7) is 10.6. The first kappa shape index (κ1) is 31.0. The van der Waals surface area contributed by atoms with E-state index in [9.17, 15) is 14.4 Å². The van der Waals surface area contributed by atoms with E-state index >= 15 is 0 Å². The Morgan fingerprint density at radius 1 is 1.00 bits per heavy atom. The first-order valence-electron chi connectivity index (χ1n) is 14.8. The molecule has 3 aromatic rings. The number of ether oxygens (including phenoxy) is 3. The molecule has 0 spiro atoms. The topological polar surface area (TPSA) is 153 Å². The number of methoxy groups -OCH3 is 1. The quantitative estimate of drug-likeness (QED) is 0.425. The van der Waals surface area contributed by atoms with Crippen LogP contribution in [0.4, 0.5) is 21.2 Å². The zero-order valence-corrected chi connectivity index (χ0v) is 25.8. The fraction of sp³-hybridized carbons (Fsp3) is 0.533. The highest BCUT2D eigenvalue weighted by molar-refractivity contribution is 5.92. The lowest BCUT2D eigenvalue weighted by Crippen LogP contribution is -2.50. The van der Waals surface area contributed by atoms with Gasteiger partial charge in [-0.1, -0.05) is 12.1 Å². The van der Waals surface area contributed by atoms with Crippen molar-refractivity contribution in [2.24, 2.45) is 0 Å². The largest absolute Gasteiger partial charge is 0.453 e. The van der Waals surface area contributed by atoms with E-state index in [4.69, 9.17) is 29.3 Å². The maximum atomic E-state index is 13.1. The Kier molecular flexibility index (Phi) is 9.18. The van der Waals surface area contributed by atoms with E-state index in [1.54, 1.807) is 50.9 Å². The number of likely N-dealkylation sites (tertiary alicyclic amines) is 1. The first-order valence-corrected chi connectivity index (χ1v) is 14.8. The van der Waals surface area contributed by atoms with Crippen LogP contribution in [0.15, 0.2) is 30.5 Å². The van der Waals surface area contributed by atoms with Gasteiger partial charge in [0.05, 0.1) is 43.6 Å². The summed E-state index contributed by atoms with van der Waals surface area (Å²) in [7, 11) is 1.32. The van der Waals surface area contributed by atoms with E-state index in [0.717, 1.165) is 22.3 Å². The molecule has 236 valence electrons. The highest BCUT2D eigenvalue weighted by Gasteiger charge is 2.30. The molecule has 2 aromatic heterocycles. The van der Waals surface area contributed by atoms with Gasteiger partial charge in [-0.15, -0.1) is 0 Å². The third kappa shape index (κ3) is 7.18. The predicted octanol–water partition coefficient (Wildman–Crippen LogP) is 3.58.